The van der Waals surface area contributed by atoms with E-state index in [2.05, 4.69) is 0 Å². The molecule has 0 aromatic heterocycles. The first-order valence-electron chi connectivity index (χ1n) is 7.97. The van der Waals surface area contributed by atoms with Crippen LogP contribution in [0.4, 0.5) is 4.79 Å². The molecule has 1 amide bonds. The van der Waals surface area contributed by atoms with Crippen molar-refractivity contribution in [3.8, 4) is 0 Å². The van der Waals surface area contributed by atoms with Gasteiger partial charge in [0.1, 0.15) is 18.1 Å². The molecule has 0 radical (unpaired) electrons. The maximum Gasteiger partial charge on any atom is 0.410 e. The fraction of sp³-hybridized carbons (Fsp3) is 0.500. The Kier molecular flexibility index (Phi) is 5.59. The predicted octanol–water partition coefficient (Wildman–Crippen LogP) is 2.56. The minimum absolute atomic E-state index is 0.125. The summed E-state index contributed by atoms with van der Waals surface area (Å²) in [5.41, 5.74) is 0.246. The number of ether oxygens (including phenoxy) is 2. The first kappa shape index (κ1) is 18.0. The lowest BCUT2D eigenvalue weighted by atomic mass is 9.96. The van der Waals surface area contributed by atoms with Crippen LogP contribution in [-0.2, 0) is 25.7 Å². The second kappa shape index (κ2) is 7.47. The van der Waals surface area contributed by atoms with Crippen LogP contribution in [-0.4, -0.2) is 41.4 Å². The molecule has 0 N–H and O–H groups in total. The number of esters is 1. The highest BCUT2D eigenvalue weighted by Gasteiger charge is 2.36. The van der Waals surface area contributed by atoms with E-state index in [1.165, 1.54) is 4.90 Å². The highest BCUT2D eigenvalue weighted by molar-refractivity contribution is 6.01. The Morgan fingerprint density at radius 3 is 2.46 bits per heavy atom. The number of carbonyl (C=O) groups excluding carboxylic acids is 3. The highest BCUT2D eigenvalue weighted by atomic mass is 16.6. The van der Waals surface area contributed by atoms with E-state index in [-0.39, 0.29) is 25.4 Å². The number of ketones is 1. The number of hydrogen-bond acceptors (Lipinski definition) is 5. The fourth-order valence-corrected chi connectivity index (χ4v) is 2.38. The van der Waals surface area contributed by atoms with Crippen molar-refractivity contribution in [1.29, 1.82) is 0 Å². The van der Waals surface area contributed by atoms with Crippen molar-refractivity contribution >= 4 is 17.8 Å². The predicted molar refractivity (Wildman–Crippen MR) is 87.2 cm³/mol. The Morgan fingerprint density at radius 2 is 1.88 bits per heavy atom. The van der Waals surface area contributed by atoms with Crippen LogP contribution in [0.25, 0.3) is 0 Å². The van der Waals surface area contributed by atoms with Crippen LogP contribution in [0.1, 0.15) is 32.8 Å². The summed E-state index contributed by atoms with van der Waals surface area (Å²) in [6.45, 7) is 5.60. The van der Waals surface area contributed by atoms with Crippen molar-refractivity contribution in [2.45, 2.75) is 39.4 Å². The molecule has 1 saturated heterocycles. The van der Waals surface area contributed by atoms with Crippen LogP contribution in [0.5, 0.6) is 0 Å². The average molecular weight is 333 g/mol. The lowest BCUT2D eigenvalue weighted by Gasteiger charge is -2.31. The van der Waals surface area contributed by atoms with Crippen molar-refractivity contribution in [2.75, 3.05) is 13.1 Å². The van der Waals surface area contributed by atoms with Crippen molar-refractivity contribution < 1.29 is 23.9 Å². The Labute approximate surface area is 141 Å². The van der Waals surface area contributed by atoms with Crippen LogP contribution in [0, 0.1) is 5.92 Å². The summed E-state index contributed by atoms with van der Waals surface area (Å²) in [6.07, 6.45) is -0.280. The minimum atomic E-state index is -0.813. The molecular weight excluding hydrogens is 310 g/mol. The standard InChI is InChI=1S/C18H23NO5/c1-18(2,3)24-17(22)19-10-9-14(15(20)11-19)16(21)23-12-13-7-5-4-6-8-13/h4-8,14H,9-12H2,1-3H3. The first-order chi connectivity index (χ1) is 11.3. The van der Waals surface area contributed by atoms with E-state index in [4.69, 9.17) is 9.47 Å². The first-order valence-corrected chi connectivity index (χ1v) is 7.97. The van der Waals surface area contributed by atoms with Gasteiger partial charge in [-0.05, 0) is 32.8 Å². The summed E-state index contributed by atoms with van der Waals surface area (Å²) < 4.78 is 10.5. The molecule has 24 heavy (non-hydrogen) atoms. The SMILES string of the molecule is CC(C)(C)OC(=O)N1CCC(C(=O)OCc2ccccc2)C(=O)C1. The summed E-state index contributed by atoms with van der Waals surface area (Å²) in [5, 5.41) is 0. The largest absolute Gasteiger partial charge is 0.460 e. The minimum Gasteiger partial charge on any atom is -0.460 e. The number of hydrogen-bond donors (Lipinski definition) is 0. The van der Waals surface area contributed by atoms with Crippen molar-refractivity contribution in [2.24, 2.45) is 5.92 Å². The smallest absolute Gasteiger partial charge is 0.410 e. The van der Waals surface area contributed by atoms with Gasteiger partial charge in [-0.25, -0.2) is 4.79 Å². The zero-order chi connectivity index (χ0) is 17.7. The molecule has 0 spiro atoms. The summed E-state index contributed by atoms with van der Waals surface area (Å²) in [7, 11) is 0. The molecule has 1 aliphatic heterocycles. The molecule has 0 aliphatic carbocycles. The number of benzene rings is 1. The van der Waals surface area contributed by atoms with Crippen molar-refractivity contribution in [3.05, 3.63) is 35.9 Å². The number of likely N-dealkylation sites (tertiary alicyclic amines) is 1. The van der Waals surface area contributed by atoms with E-state index in [1.54, 1.807) is 20.8 Å². The highest BCUT2D eigenvalue weighted by Crippen LogP contribution is 2.19. The van der Waals surface area contributed by atoms with E-state index in [1.807, 2.05) is 30.3 Å². The molecule has 1 fully saturated rings. The van der Waals surface area contributed by atoms with Gasteiger partial charge in [-0.3, -0.25) is 9.59 Å². The van der Waals surface area contributed by atoms with E-state index in [0.29, 0.717) is 6.54 Å². The molecule has 6 heteroatoms. The average Bonchev–Trinajstić information content (AvgIpc) is 2.52. The number of carbonyl (C=O) groups is 3. The molecule has 0 saturated carbocycles. The topological polar surface area (TPSA) is 72.9 Å². The van der Waals surface area contributed by atoms with E-state index in [9.17, 15) is 14.4 Å². The Bertz CT molecular complexity index is 606. The second-order valence-corrected chi connectivity index (χ2v) is 6.80. The van der Waals surface area contributed by atoms with Crippen molar-refractivity contribution in [1.82, 2.24) is 4.90 Å². The summed E-state index contributed by atoms with van der Waals surface area (Å²) in [5.74, 6) is -1.66. The quantitative estimate of drug-likeness (QED) is 0.628. The molecule has 1 unspecified atom stereocenters. The fourth-order valence-electron chi connectivity index (χ4n) is 2.38. The molecule has 1 aromatic carbocycles. The summed E-state index contributed by atoms with van der Waals surface area (Å²) >= 11 is 0. The normalized spacial score (nSPS) is 18.2. The number of rotatable bonds is 3. The molecule has 130 valence electrons. The van der Waals surface area contributed by atoms with Gasteiger partial charge in [0, 0.05) is 6.54 Å². The van der Waals surface area contributed by atoms with Crippen LogP contribution in [0.3, 0.4) is 0 Å². The Hall–Kier alpha value is -2.37. The molecule has 1 atom stereocenters. The lowest BCUT2D eigenvalue weighted by molar-refractivity contribution is -0.155. The molecular formula is C18H23NO5. The maximum absolute atomic E-state index is 12.2. The summed E-state index contributed by atoms with van der Waals surface area (Å²) in [4.78, 5) is 37.6. The summed E-state index contributed by atoms with van der Waals surface area (Å²) in [6, 6.07) is 9.28. The molecule has 0 bridgehead atoms. The third kappa shape index (κ3) is 5.08. The van der Waals surface area contributed by atoms with Crippen LogP contribution < -0.4 is 0 Å². The van der Waals surface area contributed by atoms with Gasteiger partial charge in [0.25, 0.3) is 0 Å². The molecule has 2 rings (SSSR count). The Morgan fingerprint density at radius 1 is 1.21 bits per heavy atom. The third-order valence-electron chi connectivity index (χ3n) is 3.58. The van der Waals surface area contributed by atoms with Gasteiger partial charge in [-0.2, -0.15) is 0 Å². The van der Waals surface area contributed by atoms with Gasteiger partial charge < -0.3 is 14.4 Å². The van der Waals surface area contributed by atoms with Crippen LogP contribution >= 0.6 is 0 Å². The number of piperidine rings is 1. The van der Waals surface area contributed by atoms with Gasteiger partial charge in [-0.15, -0.1) is 0 Å². The van der Waals surface area contributed by atoms with Crippen LogP contribution in [0.15, 0.2) is 30.3 Å². The second-order valence-electron chi connectivity index (χ2n) is 6.80. The number of nitrogens with zero attached hydrogens (tertiary/aromatic N) is 1. The number of Topliss-reactive ketones (excluding diaryl/α,β-unsaturated/α-hetero) is 1. The third-order valence-corrected chi connectivity index (χ3v) is 3.58. The molecule has 6 nitrogen and oxygen atoms in total. The maximum atomic E-state index is 12.2. The lowest BCUT2D eigenvalue weighted by Crippen LogP contribution is -2.48. The van der Waals surface area contributed by atoms with Gasteiger partial charge in [-0.1, -0.05) is 30.3 Å². The van der Waals surface area contributed by atoms with Crippen LogP contribution in [0.2, 0.25) is 0 Å². The van der Waals surface area contributed by atoms with Crippen molar-refractivity contribution in [3.63, 3.8) is 0 Å². The van der Waals surface area contributed by atoms with E-state index >= 15 is 0 Å². The van der Waals surface area contributed by atoms with E-state index < -0.39 is 23.6 Å². The molecule has 1 heterocycles. The molecule has 1 aliphatic rings. The van der Waals surface area contributed by atoms with Gasteiger partial charge in [0.05, 0.1) is 6.54 Å². The zero-order valence-electron chi connectivity index (χ0n) is 14.3. The van der Waals surface area contributed by atoms with Gasteiger partial charge in [0.15, 0.2) is 5.78 Å². The van der Waals surface area contributed by atoms with Gasteiger partial charge >= 0.3 is 12.1 Å². The van der Waals surface area contributed by atoms with E-state index in [0.717, 1.165) is 5.56 Å². The number of amides is 1. The Balaban J connectivity index is 1.85. The monoisotopic (exact) mass is 333 g/mol. The molecule has 1 aromatic rings. The van der Waals surface area contributed by atoms with Gasteiger partial charge in [0.2, 0.25) is 0 Å². The zero-order valence-corrected chi connectivity index (χ0v) is 14.3.